The number of urea groups is 1. The Hall–Kier alpha value is -3.64. The number of aromatic nitrogens is 1. The Morgan fingerprint density at radius 1 is 0.935 bits per heavy atom. The third kappa shape index (κ3) is 4.15. The summed E-state index contributed by atoms with van der Waals surface area (Å²) in [6.45, 7) is 2.04. The van der Waals surface area contributed by atoms with E-state index in [4.69, 9.17) is 21.1 Å². The summed E-state index contributed by atoms with van der Waals surface area (Å²) >= 11 is 6.22. The number of aryl methyl sites for hydroxylation is 1. The predicted octanol–water partition coefficient (Wildman–Crippen LogP) is 6.46. The number of amides is 2. The maximum absolute atomic E-state index is 12.9. The molecule has 3 N–H and O–H groups in total. The van der Waals surface area contributed by atoms with Gasteiger partial charge in [0, 0.05) is 22.5 Å². The number of rotatable bonds is 5. The number of fused-ring (bicyclic) bond motifs is 1. The molecule has 0 aliphatic rings. The fraction of sp³-hybridized carbons (Fsp3) is 0.125. The molecule has 6 nitrogen and oxygen atoms in total. The summed E-state index contributed by atoms with van der Waals surface area (Å²) < 4.78 is 10.6. The molecule has 0 aliphatic carbocycles. The molecule has 0 saturated carbocycles. The Kier molecular flexibility index (Phi) is 5.73. The van der Waals surface area contributed by atoms with Crippen molar-refractivity contribution in [2.75, 3.05) is 24.9 Å². The highest BCUT2D eigenvalue weighted by atomic mass is 35.5. The first-order valence-electron chi connectivity index (χ1n) is 9.67. The highest BCUT2D eigenvalue weighted by Gasteiger charge is 2.17. The highest BCUT2D eigenvalue weighted by Crippen LogP contribution is 2.37. The number of aromatic amines is 1. The number of hydrogen-bond acceptors (Lipinski definition) is 3. The highest BCUT2D eigenvalue weighted by molar-refractivity contribution is 6.32. The zero-order valence-electron chi connectivity index (χ0n) is 17.4. The van der Waals surface area contributed by atoms with Crippen LogP contribution in [0.1, 0.15) is 5.56 Å². The van der Waals surface area contributed by atoms with E-state index in [1.165, 1.54) is 14.2 Å². The fourth-order valence-electron chi connectivity index (χ4n) is 3.43. The molecule has 0 fully saturated rings. The number of benzene rings is 3. The topological polar surface area (TPSA) is 75.4 Å². The van der Waals surface area contributed by atoms with Gasteiger partial charge >= 0.3 is 6.03 Å². The van der Waals surface area contributed by atoms with E-state index < -0.39 is 6.03 Å². The SMILES string of the molecule is COc1cc(OC)c(NC(=O)Nc2c(-c3ccc(C)cc3)[nH]c3ccccc23)cc1Cl. The molecule has 3 aromatic carbocycles. The van der Waals surface area contributed by atoms with Crippen molar-refractivity contribution in [2.24, 2.45) is 0 Å². The summed E-state index contributed by atoms with van der Waals surface area (Å²) in [7, 11) is 3.03. The molecule has 0 atom stereocenters. The third-order valence-electron chi connectivity index (χ3n) is 5.01. The number of ether oxygens (including phenoxy) is 2. The maximum atomic E-state index is 12.9. The van der Waals surface area contributed by atoms with Crippen LogP contribution in [0.2, 0.25) is 5.02 Å². The van der Waals surface area contributed by atoms with Crippen LogP contribution in [0.5, 0.6) is 11.5 Å². The van der Waals surface area contributed by atoms with Crippen LogP contribution in [0.15, 0.2) is 60.7 Å². The minimum absolute atomic E-state index is 0.367. The summed E-state index contributed by atoms with van der Waals surface area (Å²) in [5.74, 6) is 0.900. The Labute approximate surface area is 185 Å². The lowest BCUT2D eigenvalue weighted by Crippen LogP contribution is -2.20. The maximum Gasteiger partial charge on any atom is 0.323 e. The van der Waals surface area contributed by atoms with E-state index in [9.17, 15) is 4.79 Å². The molecular formula is C24H22ClN3O3. The van der Waals surface area contributed by atoms with Crippen molar-refractivity contribution in [2.45, 2.75) is 6.92 Å². The molecule has 7 heteroatoms. The van der Waals surface area contributed by atoms with E-state index in [1.54, 1.807) is 12.1 Å². The number of carbonyl (C=O) groups is 1. The Bertz CT molecular complexity index is 1250. The predicted molar refractivity (Wildman–Crippen MR) is 126 cm³/mol. The number of halogens is 1. The lowest BCUT2D eigenvalue weighted by atomic mass is 10.1. The smallest absolute Gasteiger partial charge is 0.323 e. The summed E-state index contributed by atoms with van der Waals surface area (Å²) in [5.41, 5.74) is 5.02. The van der Waals surface area contributed by atoms with Gasteiger partial charge in [-0.3, -0.25) is 0 Å². The van der Waals surface area contributed by atoms with Gasteiger partial charge in [0.25, 0.3) is 0 Å². The number of H-pyrrole nitrogens is 1. The molecule has 0 bridgehead atoms. The summed E-state index contributed by atoms with van der Waals surface area (Å²) in [5, 5.41) is 7.08. The first kappa shape index (κ1) is 20.6. The van der Waals surface area contributed by atoms with Crippen LogP contribution in [-0.4, -0.2) is 25.2 Å². The molecular weight excluding hydrogens is 414 g/mol. The van der Waals surface area contributed by atoms with Crippen LogP contribution in [0.4, 0.5) is 16.2 Å². The van der Waals surface area contributed by atoms with Crippen molar-refractivity contribution in [3.05, 3.63) is 71.2 Å². The van der Waals surface area contributed by atoms with Gasteiger partial charge in [0.2, 0.25) is 0 Å². The number of hydrogen-bond donors (Lipinski definition) is 3. The molecule has 0 spiro atoms. The van der Waals surface area contributed by atoms with Crippen molar-refractivity contribution in [3.63, 3.8) is 0 Å². The zero-order valence-corrected chi connectivity index (χ0v) is 18.1. The van der Waals surface area contributed by atoms with Crippen molar-refractivity contribution in [1.82, 2.24) is 4.98 Å². The zero-order chi connectivity index (χ0) is 22.0. The van der Waals surface area contributed by atoms with Gasteiger partial charge in [-0.05, 0) is 19.1 Å². The molecule has 4 rings (SSSR count). The standard InChI is InChI=1S/C24H22ClN3O3/c1-14-8-10-15(11-9-14)22-23(16-6-4-5-7-18(16)26-22)28-24(29)27-19-12-17(25)20(30-2)13-21(19)31-3/h4-13,26H,1-3H3,(H2,27,28,29). The van der Waals surface area contributed by atoms with E-state index in [0.717, 1.165) is 27.7 Å². The van der Waals surface area contributed by atoms with Gasteiger partial charge in [0.1, 0.15) is 11.5 Å². The van der Waals surface area contributed by atoms with E-state index in [-0.39, 0.29) is 0 Å². The summed E-state index contributed by atoms with van der Waals surface area (Å²) in [4.78, 5) is 16.3. The average Bonchev–Trinajstić information content (AvgIpc) is 3.13. The minimum atomic E-state index is -0.419. The van der Waals surface area contributed by atoms with E-state index in [0.29, 0.717) is 27.9 Å². The van der Waals surface area contributed by atoms with Crippen molar-refractivity contribution >= 4 is 39.9 Å². The minimum Gasteiger partial charge on any atom is -0.495 e. The van der Waals surface area contributed by atoms with Gasteiger partial charge in [0.15, 0.2) is 0 Å². The Balaban J connectivity index is 1.69. The third-order valence-corrected chi connectivity index (χ3v) is 5.30. The van der Waals surface area contributed by atoms with Crippen molar-refractivity contribution in [3.8, 4) is 22.8 Å². The van der Waals surface area contributed by atoms with Gasteiger partial charge < -0.3 is 25.1 Å². The van der Waals surface area contributed by atoms with Crippen molar-refractivity contribution < 1.29 is 14.3 Å². The summed E-state index contributed by atoms with van der Waals surface area (Å²) in [6.07, 6.45) is 0. The lowest BCUT2D eigenvalue weighted by molar-refractivity contribution is 0.262. The second kappa shape index (κ2) is 8.62. The molecule has 0 unspecified atom stereocenters. The normalized spacial score (nSPS) is 10.7. The van der Waals surface area contributed by atoms with Gasteiger partial charge in [-0.1, -0.05) is 59.6 Å². The van der Waals surface area contributed by atoms with E-state index in [2.05, 4.69) is 15.6 Å². The Morgan fingerprint density at radius 2 is 1.65 bits per heavy atom. The summed E-state index contributed by atoms with van der Waals surface area (Å²) in [6, 6.07) is 18.7. The fourth-order valence-corrected chi connectivity index (χ4v) is 3.67. The quantitative estimate of drug-likeness (QED) is 0.337. The molecule has 1 aromatic heterocycles. The molecule has 0 aliphatic heterocycles. The number of anilines is 2. The van der Waals surface area contributed by atoms with Gasteiger partial charge in [-0.25, -0.2) is 4.79 Å². The van der Waals surface area contributed by atoms with Gasteiger partial charge in [-0.2, -0.15) is 0 Å². The number of methoxy groups -OCH3 is 2. The van der Waals surface area contributed by atoms with E-state index in [1.807, 2.05) is 55.5 Å². The van der Waals surface area contributed by atoms with Crippen LogP contribution >= 0.6 is 11.6 Å². The molecule has 4 aromatic rings. The Morgan fingerprint density at radius 3 is 2.35 bits per heavy atom. The van der Waals surface area contributed by atoms with E-state index >= 15 is 0 Å². The molecule has 1 heterocycles. The molecule has 0 radical (unpaired) electrons. The van der Waals surface area contributed by atoms with Crippen LogP contribution in [-0.2, 0) is 0 Å². The number of nitrogens with one attached hydrogen (secondary N) is 3. The largest absolute Gasteiger partial charge is 0.495 e. The van der Waals surface area contributed by atoms with Gasteiger partial charge in [-0.15, -0.1) is 0 Å². The second-order valence-corrected chi connectivity index (χ2v) is 7.46. The molecule has 31 heavy (non-hydrogen) atoms. The lowest BCUT2D eigenvalue weighted by Gasteiger charge is -2.14. The number of para-hydroxylation sites is 1. The number of carbonyl (C=O) groups excluding carboxylic acids is 1. The van der Waals surface area contributed by atoms with Gasteiger partial charge in [0.05, 0.1) is 36.3 Å². The van der Waals surface area contributed by atoms with Crippen LogP contribution in [0.3, 0.4) is 0 Å². The monoisotopic (exact) mass is 435 g/mol. The molecule has 0 saturated heterocycles. The van der Waals surface area contributed by atoms with Crippen LogP contribution in [0, 0.1) is 6.92 Å². The first-order valence-corrected chi connectivity index (χ1v) is 10.0. The van der Waals surface area contributed by atoms with Crippen LogP contribution in [0.25, 0.3) is 22.2 Å². The molecule has 2 amide bonds. The second-order valence-electron chi connectivity index (χ2n) is 7.05. The van der Waals surface area contributed by atoms with Crippen molar-refractivity contribution in [1.29, 1.82) is 0 Å². The van der Waals surface area contributed by atoms with Crippen LogP contribution < -0.4 is 20.1 Å². The average molecular weight is 436 g/mol. The first-order chi connectivity index (χ1) is 15.0. The molecule has 158 valence electrons.